The molecule has 0 N–H and O–H groups in total. The number of aromatic nitrogens is 2. The van der Waals surface area contributed by atoms with E-state index in [1.165, 1.54) is 72.6 Å². The van der Waals surface area contributed by atoms with Crippen LogP contribution in [0.5, 0.6) is 0 Å². The van der Waals surface area contributed by atoms with E-state index in [9.17, 15) is 0 Å². The van der Waals surface area contributed by atoms with E-state index in [0.29, 0.717) is 11.8 Å². The third kappa shape index (κ3) is 3.65. The third-order valence-electron chi connectivity index (χ3n) is 8.19. The highest BCUT2D eigenvalue weighted by Gasteiger charge is 2.33. The van der Waals surface area contributed by atoms with Crippen LogP contribution in [0.2, 0.25) is 0 Å². The van der Waals surface area contributed by atoms with Gasteiger partial charge in [0, 0.05) is 11.1 Å². The predicted molar refractivity (Wildman–Crippen MR) is 156 cm³/mol. The molecule has 0 spiro atoms. The molecule has 0 saturated heterocycles. The SMILES string of the molecule is Cc1cc(C(C)C)c(-n2c(-c3ccccc3C)[n+](C)c3cc4c(cc32)Cc2ccccc2-4)c(C(C)C)c1. The Kier molecular flexibility index (Phi) is 5.60. The molecule has 6 rings (SSSR count). The second-order valence-electron chi connectivity index (χ2n) is 11.5. The monoisotopic (exact) mass is 485 g/mol. The quantitative estimate of drug-likeness (QED) is 0.221. The van der Waals surface area contributed by atoms with E-state index in [2.05, 4.69) is 131 Å². The van der Waals surface area contributed by atoms with Gasteiger partial charge >= 0.3 is 0 Å². The summed E-state index contributed by atoms with van der Waals surface area (Å²) in [5.41, 5.74) is 16.3. The number of nitrogens with zero attached hydrogens (tertiary/aromatic N) is 2. The maximum absolute atomic E-state index is 2.59. The fourth-order valence-electron chi connectivity index (χ4n) is 6.31. The maximum Gasteiger partial charge on any atom is 0.295 e. The van der Waals surface area contributed by atoms with E-state index in [1.54, 1.807) is 0 Å². The minimum absolute atomic E-state index is 0.415. The van der Waals surface area contributed by atoms with Crippen LogP contribution in [0.3, 0.4) is 0 Å². The summed E-state index contributed by atoms with van der Waals surface area (Å²) in [5, 5.41) is 0. The van der Waals surface area contributed by atoms with Crippen LogP contribution in [-0.2, 0) is 13.5 Å². The Morgan fingerprint density at radius 1 is 0.703 bits per heavy atom. The van der Waals surface area contributed by atoms with E-state index in [-0.39, 0.29) is 0 Å². The van der Waals surface area contributed by atoms with Crippen molar-refractivity contribution in [1.82, 2.24) is 4.57 Å². The van der Waals surface area contributed by atoms with Crippen molar-refractivity contribution in [1.29, 1.82) is 0 Å². The van der Waals surface area contributed by atoms with Crippen molar-refractivity contribution in [3.63, 3.8) is 0 Å². The van der Waals surface area contributed by atoms with E-state index in [1.807, 2.05) is 0 Å². The largest absolute Gasteiger partial charge is 0.295 e. The molecule has 0 bridgehead atoms. The zero-order valence-electron chi connectivity index (χ0n) is 23.2. The van der Waals surface area contributed by atoms with Gasteiger partial charge in [-0.25, -0.2) is 4.57 Å². The highest BCUT2D eigenvalue weighted by molar-refractivity contribution is 5.89. The number of fused-ring (bicyclic) bond motifs is 4. The molecule has 5 aromatic rings. The summed E-state index contributed by atoms with van der Waals surface area (Å²) in [5.74, 6) is 2.08. The van der Waals surface area contributed by atoms with Gasteiger partial charge in [0.2, 0.25) is 0 Å². The number of hydrogen-bond donors (Lipinski definition) is 0. The van der Waals surface area contributed by atoms with Crippen molar-refractivity contribution < 1.29 is 4.57 Å². The minimum Gasteiger partial charge on any atom is -0.225 e. The molecule has 0 radical (unpaired) electrons. The first-order valence-corrected chi connectivity index (χ1v) is 13.6. The summed E-state index contributed by atoms with van der Waals surface area (Å²) in [4.78, 5) is 0. The molecule has 4 aromatic carbocycles. The third-order valence-corrected chi connectivity index (χ3v) is 8.19. The summed E-state index contributed by atoms with van der Waals surface area (Å²) in [6.45, 7) is 13.8. The van der Waals surface area contributed by atoms with Crippen LogP contribution in [0.15, 0.2) is 72.8 Å². The number of rotatable bonds is 4. The van der Waals surface area contributed by atoms with Gasteiger partial charge in [-0.05, 0) is 78.1 Å². The van der Waals surface area contributed by atoms with Crippen molar-refractivity contribution in [3.05, 3.63) is 106 Å². The van der Waals surface area contributed by atoms with E-state index >= 15 is 0 Å². The molecular weight excluding hydrogens is 448 g/mol. The Hall–Kier alpha value is -3.65. The molecular formula is C35H37N2+. The van der Waals surface area contributed by atoms with Crippen LogP contribution in [0, 0.1) is 13.8 Å². The molecule has 0 saturated carbocycles. The van der Waals surface area contributed by atoms with E-state index in [0.717, 1.165) is 6.42 Å². The summed E-state index contributed by atoms with van der Waals surface area (Å²) in [7, 11) is 2.24. The Morgan fingerprint density at radius 2 is 1.32 bits per heavy atom. The molecule has 1 aliphatic carbocycles. The molecule has 1 aromatic heterocycles. The van der Waals surface area contributed by atoms with Gasteiger partial charge in [0.15, 0.2) is 11.0 Å². The van der Waals surface area contributed by atoms with Crippen LogP contribution < -0.4 is 4.57 Å². The average molecular weight is 486 g/mol. The molecule has 0 aliphatic heterocycles. The highest BCUT2D eigenvalue weighted by Crippen LogP contribution is 2.42. The fourth-order valence-corrected chi connectivity index (χ4v) is 6.31. The molecule has 0 amide bonds. The van der Waals surface area contributed by atoms with Crippen LogP contribution in [0.1, 0.15) is 72.9 Å². The van der Waals surface area contributed by atoms with Crippen molar-refractivity contribution in [2.24, 2.45) is 7.05 Å². The summed E-state index contributed by atoms with van der Waals surface area (Å²) in [6, 6.07) is 27.4. The smallest absolute Gasteiger partial charge is 0.225 e. The number of hydrogen-bond acceptors (Lipinski definition) is 0. The molecule has 2 heteroatoms. The molecule has 0 unspecified atom stereocenters. The zero-order valence-corrected chi connectivity index (χ0v) is 23.2. The average Bonchev–Trinajstić information content (AvgIpc) is 3.37. The topological polar surface area (TPSA) is 8.81 Å². The van der Waals surface area contributed by atoms with Gasteiger partial charge in [0.1, 0.15) is 5.69 Å². The van der Waals surface area contributed by atoms with Crippen molar-refractivity contribution in [3.8, 4) is 28.2 Å². The molecule has 1 aliphatic rings. The highest BCUT2D eigenvalue weighted by atomic mass is 15.2. The Morgan fingerprint density at radius 3 is 1.97 bits per heavy atom. The lowest BCUT2D eigenvalue weighted by molar-refractivity contribution is -0.633. The van der Waals surface area contributed by atoms with Gasteiger partial charge in [-0.2, -0.15) is 4.57 Å². The summed E-state index contributed by atoms with van der Waals surface area (Å²) < 4.78 is 5.01. The first kappa shape index (κ1) is 23.7. The summed E-state index contributed by atoms with van der Waals surface area (Å²) >= 11 is 0. The van der Waals surface area contributed by atoms with Crippen LogP contribution in [-0.4, -0.2) is 4.57 Å². The van der Waals surface area contributed by atoms with Crippen LogP contribution in [0.4, 0.5) is 0 Å². The second-order valence-corrected chi connectivity index (χ2v) is 11.5. The van der Waals surface area contributed by atoms with Crippen molar-refractivity contribution in [2.75, 3.05) is 0 Å². The van der Waals surface area contributed by atoms with Crippen molar-refractivity contribution >= 4 is 11.0 Å². The van der Waals surface area contributed by atoms with Gasteiger partial charge in [-0.1, -0.05) is 87.9 Å². The predicted octanol–water partition coefficient (Wildman–Crippen LogP) is 8.56. The van der Waals surface area contributed by atoms with Gasteiger partial charge in [-0.15, -0.1) is 0 Å². The molecule has 37 heavy (non-hydrogen) atoms. The van der Waals surface area contributed by atoms with Crippen LogP contribution in [0.25, 0.3) is 39.2 Å². The minimum atomic E-state index is 0.415. The normalized spacial score (nSPS) is 12.6. The summed E-state index contributed by atoms with van der Waals surface area (Å²) in [6.07, 6.45) is 0.998. The Bertz CT molecular complexity index is 1650. The lowest BCUT2D eigenvalue weighted by Gasteiger charge is -2.20. The number of aryl methyl sites for hydroxylation is 3. The first-order chi connectivity index (χ1) is 17.8. The number of benzene rings is 4. The van der Waals surface area contributed by atoms with Crippen LogP contribution >= 0.6 is 0 Å². The van der Waals surface area contributed by atoms with E-state index < -0.39 is 0 Å². The standard InChI is InChI=1S/C35H37N2/c1-21(2)29-16-23(5)17-30(22(3)4)34(29)37-33-19-26-18-25-13-9-11-15-28(25)31(26)20-32(33)36(7)35(37)27-14-10-8-12-24(27)6/h8-17,19-22H,18H2,1-7H3/q+1. The lowest BCUT2D eigenvalue weighted by atomic mass is 9.90. The second kappa shape index (κ2) is 8.73. The van der Waals surface area contributed by atoms with Gasteiger partial charge in [0.25, 0.3) is 5.82 Å². The lowest BCUT2D eigenvalue weighted by Crippen LogP contribution is -2.30. The fraction of sp³-hybridized carbons (Fsp3) is 0.286. The molecule has 2 nitrogen and oxygen atoms in total. The van der Waals surface area contributed by atoms with Crippen molar-refractivity contribution in [2.45, 2.75) is 59.8 Å². The maximum atomic E-state index is 2.59. The first-order valence-electron chi connectivity index (χ1n) is 13.6. The van der Waals surface area contributed by atoms with E-state index in [4.69, 9.17) is 0 Å². The Labute approximate surface area is 221 Å². The zero-order chi connectivity index (χ0) is 26.0. The van der Waals surface area contributed by atoms with Gasteiger partial charge in [-0.3, -0.25) is 0 Å². The Balaban J connectivity index is 1.79. The molecule has 1 heterocycles. The van der Waals surface area contributed by atoms with Gasteiger partial charge < -0.3 is 0 Å². The molecule has 0 fully saturated rings. The molecule has 186 valence electrons. The molecule has 0 atom stereocenters. The number of imidazole rings is 1. The van der Waals surface area contributed by atoms with Gasteiger partial charge in [0.05, 0.1) is 12.6 Å².